The van der Waals surface area contributed by atoms with Crippen molar-refractivity contribution in [2.75, 3.05) is 5.01 Å². The van der Waals surface area contributed by atoms with Crippen LogP contribution < -0.4 is 5.01 Å². The van der Waals surface area contributed by atoms with Crippen molar-refractivity contribution in [3.05, 3.63) is 84.4 Å². The SMILES string of the molecule is O=C(O)c1ccc(F)cc1N(c1ccccc1)n1cccc1. The molecule has 3 aromatic rings. The number of benzene rings is 2. The Morgan fingerprint density at radius 3 is 2.32 bits per heavy atom. The van der Waals surface area contributed by atoms with Crippen molar-refractivity contribution in [2.45, 2.75) is 0 Å². The van der Waals surface area contributed by atoms with E-state index >= 15 is 0 Å². The summed E-state index contributed by atoms with van der Waals surface area (Å²) in [6, 6.07) is 16.5. The van der Waals surface area contributed by atoms with Crippen LogP contribution in [0.15, 0.2) is 73.1 Å². The zero-order chi connectivity index (χ0) is 15.5. The third-order valence-corrected chi connectivity index (χ3v) is 3.24. The Kier molecular flexibility index (Phi) is 3.62. The quantitative estimate of drug-likeness (QED) is 0.793. The number of hydrogen-bond acceptors (Lipinski definition) is 2. The molecule has 0 atom stereocenters. The maximum atomic E-state index is 13.7. The molecule has 1 aromatic heterocycles. The average molecular weight is 296 g/mol. The highest BCUT2D eigenvalue weighted by Gasteiger charge is 2.19. The van der Waals surface area contributed by atoms with Crippen molar-refractivity contribution in [3.63, 3.8) is 0 Å². The standard InChI is InChI=1S/C17H13FN2O2/c18-13-8-9-15(17(21)22)16(12-13)20(19-10-4-5-11-19)14-6-2-1-3-7-14/h1-12H,(H,21,22). The second-order valence-corrected chi connectivity index (χ2v) is 4.68. The molecule has 0 saturated heterocycles. The number of hydrogen-bond donors (Lipinski definition) is 1. The molecule has 3 rings (SSSR count). The number of halogens is 1. The summed E-state index contributed by atoms with van der Waals surface area (Å²) in [5.74, 6) is -1.60. The first-order chi connectivity index (χ1) is 10.7. The van der Waals surface area contributed by atoms with Crippen LogP contribution in [-0.2, 0) is 0 Å². The molecule has 2 aromatic carbocycles. The molecule has 22 heavy (non-hydrogen) atoms. The van der Waals surface area contributed by atoms with Crippen LogP contribution in [-0.4, -0.2) is 15.8 Å². The second-order valence-electron chi connectivity index (χ2n) is 4.68. The van der Waals surface area contributed by atoms with Crippen molar-refractivity contribution in [1.29, 1.82) is 0 Å². The van der Waals surface area contributed by atoms with Crippen molar-refractivity contribution in [2.24, 2.45) is 0 Å². The molecule has 110 valence electrons. The summed E-state index contributed by atoms with van der Waals surface area (Å²) in [6.07, 6.45) is 3.53. The van der Waals surface area contributed by atoms with E-state index in [4.69, 9.17) is 0 Å². The van der Waals surface area contributed by atoms with Crippen LogP contribution in [0.1, 0.15) is 10.4 Å². The summed E-state index contributed by atoms with van der Waals surface area (Å²) in [5, 5.41) is 11.0. The van der Waals surface area contributed by atoms with Gasteiger partial charge in [-0.15, -0.1) is 0 Å². The second kappa shape index (κ2) is 5.73. The molecule has 0 unspecified atom stereocenters. The number of rotatable bonds is 4. The Morgan fingerprint density at radius 2 is 1.68 bits per heavy atom. The van der Waals surface area contributed by atoms with Gasteiger partial charge in [-0.2, -0.15) is 0 Å². The van der Waals surface area contributed by atoms with Crippen LogP contribution in [0, 0.1) is 5.82 Å². The highest BCUT2D eigenvalue weighted by Crippen LogP contribution is 2.30. The Morgan fingerprint density at radius 1 is 1.00 bits per heavy atom. The van der Waals surface area contributed by atoms with Crippen molar-refractivity contribution in [3.8, 4) is 0 Å². The molecular weight excluding hydrogens is 283 g/mol. The maximum Gasteiger partial charge on any atom is 0.337 e. The number of nitrogens with zero attached hydrogens (tertiary/aromatic N) is 2. The minimum absolute atomic E-state index is 0.0268. The van der Waals surface area contributed by atoms with E-state index in [0.717, 1.165) is 11.8 Å². The molecule has 0 aliphatic rings. The normalized spacial score (nSPS) is 10.4. The minimum atomic E-state index is -1.11. The Bertz CT molecular complexity index is 786. The lowest BCUT2D eigenvalue weighted by molar-refractivity contribution is 0.0697. The number of aromatic carboxylic acids is 1. The molecule has 0 radical (unpaired) electrons. The van der Waals surface area contributed by atoms with E-state index in [-0.39, 0.29) is 11.3 Å². The maximum absolute atomic E-state index is 13.7. The summed E-state index contributed by atoms with van der Waals surface area (Å²) in [4.78, 5) is 11.5. The van der Waals surface area contributed by atoms with E-state index in [9.17, 15) is 14.3 Å². The van der Waals surface area contributed by atoms with Crippen LogP contribution in [0.5, 0.6) is 0 Å². The third-order valence-electron chi connectivity index (χ3n) is 3.24. The fraction of sp³-hybridized carbons (Fsp3) is 0. The van der Waals surface area contributed by atoms with Gasteiger partial charge in [0.15, 0.2) is 0 Å². The van der Waals surface area contributed by atoms with Crippen LogP contribution in [0.3, 0.4) is 0 Å². The van der Waals surface area contributed by atoms with Gasteiger partial charge in [0.05, 0.1) is 16.9 Å². The van der Waals surface area contributed by atoms with Crippen LogP contribution >= 0.6 is 0 Å². The van der Waals surface area contributed by atoms with Gasteiger partial charge in [-0.3, -0.25) is 4.68 Å². The predicted molar refractivity (Wildman–Crippen MR) is 81.8 cm³/mol. The van der Waals surface area contributed by atoms with Gasteiger partial charge in [-0.05, 0) is 36.4 Å². The number of para-hydroxylation sites is 1. The van der Waals surface area contributed by atoms with Crippen LogP contribution in [0.2, 0.25) is 0 Å². The number of carboxylic acids is 1. The van der Waals surface area contributed by atoms with Crippen LogP contribution in [0.25, 0.3) is 0 Å². The first-order valence-electron chi connectivity index (χ1n) is 6.68. The summed E-state index contributed by atoms with van der Waals surface area (Å²) < 4.78 is 15.4. The smallest absolute Gasteiger partial charge is 0.337 e. The zero-order valence-electron chi connectivity index (χ0n) is 11.6. The number of aromatic nitrogens is 1. The van der Waals surface area contributed by atoms with E-state index in [1.165, 1.54) is 12.1 Å². The van der Waals surface area contributed by atoms with Gasteiger partial charge in [0.25, 0.3) is 0 Å². The predicted octanol–water partition coefficient (Wildman–Crippen LogP) is 3.93. The summed E-state index contributed by atoms with van der Waals surface area (Å²) >= 11 is 0. The lowest BCUT2D eigenvalue weighted by Gasteiger charge is -2.27. The van der Waals surface area contributed by atoms with E-state index < -0.39 is 11.8 Å². The fourth-order valence-corrected chi connectivity index (χ4v) is 2.29. The molecule has 5 heteroatoms. The van der Waals surface area contributed by atoms with Gasteiger partial charge in [0.2, 0.25) is 0 Å². The lowest BCUT2D eigenvalue weighted by Crippen LogP contribution is -2.24. The summed E-state index contributed by atoms with van der Waals surface area (Å²) in [6.45, 7) is 0. The highest BCUT2D eigenvalue weighted by molar-refractivity contribution is 5.95. The number of carboxylic acid groups (broad SMARTS) is 1. The first kappa shape index (κ1) is 13.9. The van der Waals surface area contributed by atoms with Gasteiger partial charge in [-0.1, -0.05) is 18.2 Å². The molecule has 0 bridgehead atoms. The number of anilines is 2. The largest absolute Gasteiger partial charge is 0.478 e. The van der Waals surface area contributed by atoms with Gasteiger partial charge < -0.3 is 5.11 Å². The molecule has 0 fully saturated rings. The Hall–Kier alpha value is -3.08. The van der Waals surface area contributed by atoms with E-state index in [2.05, 4.69) is 0 Å². The van der Waals surface area contributed by atoms with Crippen molar-refractivity contribution < 1.29 is 14.3 Å². The Balaban J connectivity index is 2.23. The third kappa shape index (κ3) is 2.56. The molecule has 0 spiro atoms. The van der Waals surface area contributed by atoms with Crippen molar-refractivity contribution >= 4 is 17.3 Å². The molecular formula is C17H13FN2O2. The first-order valence-corrected chi connectivity index (χ1v) is 6.68. The molecule has 0 amide bonds. The Labute approximate surface area is 126 Å². The summed E-state index contributed by atoms with van der Waals surface area (Å²) in [7, 11) is 0. The zero-order valence-corrected chi connectivity index (χ0v) is 11.6. The van der Waals surface area contributed by atoms with E-state index in [0.29, 0.717) is 0 Å². The topological polar surface area (TPSA) is 45.5 Å². The van der Waals surface area contributed by atoms with Crippen molar-refractivity contribution in [1.82, 2.24) is 4.68 Å². The monoisotopic (exact) mass is 296 g/mol. The summed E-state index contributed by atoms with van der Waals surface area (Å²) in [5.41, 5.74) is 1.01. The highest BCUT2D eigenvalue weighted by atomic mass is 19.1. The number of carbonyl (C=O) groups is 1. The van der Waals surface area contributed by atoms with Gasteiger partial charge >= 0.3 is 5.97 Å². The molecule has 0 aliphatic carbocycles. The molecule has 0 saturated carbocycles. The van der Waals surface area contributed by atoms with Gasteiger partial charge in [0, 0.05) is 18.5 Å². The average Bonchev–Trinajstić information content (AvgIpc) is 3.02. The van der Waals surface area contributed by atoms with E-state index in [1.807, 2.05) is 42.5 Å². The molecule has 4 nitrogen and oxygen atoms in total. The van der Waals surface area contributed by atoms with Gasteiger partial charge in [-0.25, -0.2) is 14.2 Å². The minimum Gasteiger partial charge on any atom is -0.478 e. The molecule has 1 heterocycles. The lowest BCUT2D eigenvalue weighted by atomic mass is 10.1. The van der Waals surface area contributed by atoms with Gasteiger partial charge in [0.1, 0.15) is 5.82 Å². The van der Waals surface area contributed by atoms with E-state index in [1.54, 1.807) is 22.1 Å². The molecule has 0 aliphatic heterocycles. The van der Waals surface area contributed by atoms with Crippen LogP contribution in [0.4, 0.5) is 15.8 Å². The fourth-order valence-electron chi connectivity index (χ4n) is 2.29. The molecule has 1 N–H and O–H groups in total.